The van der Waals surface area contributed by atoms with Gasteiger partial charge in [-0.05, 0) is 43.8 Å². The number of nitrogens with zero attached hydrogens (tertiary/aromatic N) is 1. The predicted molar refractivity (Wildman–Crippen MR) is 83.5 cm³/mol. The van der Waals surface area contributed by atoms with E-state index < -0.39 is 5.91 Å². The average molecular weight is 308 g/mol. The molecule has 5 nitrogen and oxygen atoms in total. The second-order valence-corrected chi connectivity index (χ2v) is 5.70. The fourth-order valence-corrected chi connectivity index (χ4v) is 2.99. The molecule has 2 aliphatic rings. The van der Waals surface area contributed by atoms with Crippen molar-refractivity contribution >= 4 is 29.1 Å². The molecule has 1 N–H and O–H groups in total. The fraction of sp³-hybridized carbons (Fsp3) is 0.533. The number of carbonyl (C=O) groups is 2. The largest absolute Gasteiger partial charge is 0.381 e. The van der Waals surface area contributed by atoms with Crippen LogP contribution in [0, 0.1) is 5.92 Å². The highest BCUT2D eigenvalue weighted by Gasteiger charge is 2.33. The summed E-state index contributed by atoms with van der Waals surface area (Å²) in [5.74, 6) is -0.505. The molecule has 2 amide bonds. The smallest absolute Gasteiger partial charge is 0.265 e. The summed E-state index contributed by atoms with van der Waals surface area (Å²) in [6.45, 7) is 3.90. The molecule has 1 aliphatic carbocycles. The Labute approximate surface area is 130 Å². The summed E-state index contributed by atoms with van der Waals surface area (Å²) in [5, 5.41) is 2.70. The fourth-order valence-electron chi connectivity index (χ4n) is 2.74. The standard InChI is InChI=1S/C15H20N2O3S/c1-3-8-17-14(19)12(13(18)16-15(17)21)9-10-4-6-11(20-2)7-5-10/h3,9-11H,1,4-8H2,2H3,(H,16,18,21)/b12-9-. The highest BCUT2D eigenvalue weighted by molar-refractivity contribution is 7.80. The maximum absolute atomic E-state index is 12.4. The van der Waals surface area contributed by atoms with Crippen molar-refractivity contribution in [1.82, 2.24) is 10.2 Å². The van der Waals surface area contributed by atoms with Gasteiger partial charge in [0.2, 0.25) is 0 Å². The lowest BCUT2D eigenvalue weighted by Crippen LogP contribution is -2.54. The Hall–Kier alpha value is -1.53. The van der Waals surface area contributed by atoms with Gasteiger partial charge in [0.25, 0.3) is 11.8 Å². The Balaban J connectivity index is 2.11. The van der Waals surface area contributed by atoms with Gasteiger partial charge in [0.15, 0.2) is 5.11 Å². The molecule has 0 aromatic rings. The van der Waals surface area contributed by atoms with Crippen LogP contribution in [-0.2, 0) is 14.3 Å². The molecule has 0 aromatic heterocycles. The van der Waals surface area contributed by atoms with Gasteiger partial charge in [-0.3, -0.25) is 19.8 Å². The zero-order valence-electron chi connectivity index (χ0n) is 12.1. The topological polar surface area (TPSA) is 58.6 Å². The van der Waals surface area contributed by atoms with Crippen LogP contribution in [0.15, 0.2) is 24.3 Å². The number of methoxy groups -OCH3 is 1. The summed E-state index contributed by atoms with van der Waals surface area (Å²) in [6.07, 6.45) is 7.43. The van der Waals surface area contributed by atoms with Crippen LogP contribution in [0.3, 0.4) is 0 Å². The Kier molecular flexibility index (Phi) is 5.25. The second-order valence-electron chi connectivity index (χ2n) is 5.32. The minimum atomic E-state index is -0.404. The SMILES string of the molecule is C=CCN1C(=O)/C(=C\C2CCC(OC)CC2)C(=O)NC1=S. The van der Waals surface area contributed by atoms with E-state index in [9.17, 15) is 9.59 Å². The second kappa shape index (κ2) is 6.95. The Morgan fingerprint density at radius 1 is 1.38 bits per heavy atom. The van der Waals surface area contributed by atoms with Crippen molar-refractivity contribution in [3.05, 3.63) is 24.3 Å². The first kappa shape index (κ1) is 15.9. The number of carbonyl (C=O) groups excluding carboxylic acids is 2. The predicted octanol–water partition coefficient (Wildman–Crippen LogP) is 1.55. The van der Waals surface area contributed by atoms with Gasteiger partial charge in [-0.25, -0.2) is 0 Å². The van der Waals surface area contributed by atoms with Crippen molar-refractivity contribution in [3.8, 4) is 0 Å². The number of ether oxygens (including phenoxy) is 1. The van der Waals surface area contributed by atoms with Crippen LogP contribution in [0.5, 0.6) is 0 Å². The van der Waals surface area contributed by atoms with E-state index in [1.54, 1.807) is 19.3 Å². The molecule has 0 aromatic carbocycles. The minimum Gasteiger partial charge on any atom is -0.381 e. The van der Waals surface area contributed by atoms with Crippen molar-refractivity contribution < 1.29 is 14.3 Å². The number of nitrogens with one attached hydrogen (secondary N) is 1. The number of thiocarbonyl (C=S) groups is 1. The van der Waals surface area contributed by atoms with E-state index in [0.717, 1.165) is 25.7 Å². The molecule has 1 saturated carbocycles. The monoisotopic (exact) mass is 308 g/mol. The van der Waals surface area contributed by atoms with Crippen molar-refractivity contribution in [2.24, 2.45) is 5.92 Å². The first-order valence-electron chi connectivity index (χ1n) is 7.09. The molecule has 2 fully saturated rings. The molecule has 0 spiro atoms. The molecule has 21 heavy (non-hydrogen) atoms. The van der Waals surface area contributed by atoms with Gasteiger partial charge >= 0.3 is 0 Å². The maximum atomic E-state index is 12.4. The van der Waals surface area contributed by atoms with E-state index in [1.807, 2.05) is 0 Å². The highest BCUT2D eigenvalue weighted by Crippen LogP contribution is 2.28. The van der Waals surface area contributed by atoms with Gasteiger partial charge in [0.1, 0.15) is 5.57 Å². The van der Waals surface area contributed by atoms with Crippen molar-refractivity contribution in [3.63, 3.8) is 0 Å². The van der Waals surface area contributed by atoms with Crippen LogP contribution in [0.2, 0.25) is 0 Å². The normalized spacial score (nSPS) is 28.7. The molecular formula is C15H20N2O3S. The van der Waals surface area contributed by atoms with E-state index in [4.69, 9.17) is 17.0 Å². The number of hydrogen-bond acceptors (Lipinski definition) is 4. The Bertz CT molecular complexity index is 493. The molecule has 0 unspecified atom stereocenters. The van der Waals surface area contributed by atoms with E-state index in [-0.39, 0.29) is 22.5 Å². The summed E-state index contributed by atoms with van der Waals surface area (Å²) in [6, 6.07) is 0. The maximum Gasteiger partial charge on any atom is 0.265 e. The summed E-state index contributed by atoms with van der Waals surface area (Å²) in [7, 11) is 1.72. The first-order chi connectivity index (χ1) is 10.1. The molecule has 0 atom stereocenters. The minimum absolute atomic E-state index is 0.144. The summed E-state index contributed by atoms with van der Waals surface area (Å²) in [5.41, 5.74) is 0.186. The summed E-state index contributed by atoms with van der Waals surface area (Å²) < 4.78 is 5.33. The van der Waals surface area contributed by atoms with Crippen molar-refractivity contribution in [2.75, 3.05) is 13.7 Å². The van der Waals surface area contributed by atoms with Crippen LogP contribution in [0.25, 0.3) is 0 Å². The average Bonchev–Trinajstić information content (AvgIpc) is 2.48. The van der Waals surface area contributed by atoms with Crippen LogP contribution >= 0.6 is 12.2 Å². The third-order valence-electron chi connectivity index (χ3n) is 3.95. The molecule has 1 saturated heterocycles. The van der Waals surface area contributed by atoms with Gasteiger partial charge in [0, 0.05) is 13.7 Å². The van der Waals surface area contributed by atoms with Gasteiger partial charge in [-0.15, -0.1) is 6.58 Å². The number of amides is 2. The molecule has 2 rings (SSSR count). The van der Waals surface area contributed by atoms with Gasteiger partial charge in [-0.2, -0.15) is 0 Å². The third-order valence-corrected chi connectivity index (χ3v) is 4.27. The summed E-state index contributed by atoms with van der Waals surface area (Å²) >= 11 is 5.02. The van der Waals surface area contributed by atoms with Gasteiger partial charge in [-0.1, -0.05) is 12.2 Å². The van der Waals surface area contributed by atoms with Gasteiger partial charge < -0.3 is 4.74 Å². The number of rotatable bonds is 4. The van der Waals surface area contributed by atoms with Crippen LogP contribution < -0.4 is 5.32 Å². The lowest BCUT2D eigenvalue weighted by atomic mass is 9.85. The zero-order valence-corrected chi connectivity index (χ0v) is 12.9. The molecular weight excluding hydrogens is 288 g/mol. The molecule has 6 heteroatoms. The summed E-state index contributed by atoms with van der Waals surface area (Å²) in [4.78, 5) is 25.7. The molecule has 114 valence electrons. The number of allylic oxidation sites excluding steroid dienone is 1. The third kappa shape index (κ3) is 3.57. The van der Waals surface area contributed by atoms with Crippen LogP contribution in [0.1, 0.15) is 25.7 Å². The van der Waals surface area contributed by atoms with Gasteiger partial charge in [0.05, 0.1) is 6.10 Å². The molecule has 0 radical (unpaired) electrons. The molecule has 1 heterocycles. The Morgan fingerprint density at radius 2 is 2.05 bits per heavy atom. The molecule has 0 bridgehead atoms. The van der Waals surface area contributed by atoms with Crippen molar-refractivity contribution in [1.29, 1.82) is 0 Å². The quantitative estimate of drug-likeness (QED) is 0.370. The lowest BCUT2D eigenvalue weighted by Gasteiger charge is -2.30. The van der Waals surface area contributed by atoms with E-state index in [0.29, 0.717) is 12.6 Å². The molecule has 1 aliphatic heterocycles. The van der Waals surface area contributed by atoms with Crippen LogP contribution in [0.4, 0.5) is 0 Å². The first-order valence-corrected chi connectivity index (χ1v) is 7.50. The highest BCUT2D eigenvalue weighted by atomic mass is 32.1. The number of hydrogen-bond donors (Lipinski definition) is 1. The zero-order chi connectivity index (χ0) is 15.4. The van der Waals surface area contributed by atoms with Crippen LogP contribution in [-0.4, -0.2) is 41.6 Å². The Morgan fingerprint density at radius 3 is 2.62 bits per heavy atom. The van der Waals surface area contributed by atoms with E-state index >= 15 is 0 Å². The van der Waals surface area contributed by atoms with E-state index in [2.05, 4.69) is 11.9 Å². The lowest BCUT2D eigenvalue weighted by molar-refractivity contribution is -0.128. The van der Waals surface area contributed by atoms with E-state index in [1.165, 1.54) is 4.90 Å². The van der Waals surface area contributed by atoms with Crippen molar-refractivity contribution in [2.45, 2.75) is 31.8 Å².